The number of benzene rings is 2. The highest BCUT2D eigenvalue weighted by Crippen LogP contribution is 2.19. The molecule has 0 bridgehead atoms. The predicted molar refractivity (Wildman–Crippen MR) is 54.6 cm³/mol. The molecule has 0 aliphatic carbocycles. The quantitative estimate of drug-likeness (QED) is 0.776. The molecule has 2 rings (SSSR count). The van der Waals surface area contributed by atoms with Gasteiger partial charge < -0.3 is 5.11 Å². The average molecular weight is 185 g/mol. The Bertz CT molecular complexity index is 463. The average Bonchev–Trinajstić information content (AvgIpc) is 2.27. The van der Waals surface area contributed by atoms with Crippen LogP contribution in [0.3, 0.4) is 0 Å². The van der Waals surface area contributed by atoms with E-state index in [1.54, 1.807) is 18.4 Å². The summed E-state index contributed by atoms with van der Waals surface area (Å²) in [7, 11) is 0. The van der Waals surface area contributed by atoms with Crippen molar-refractivity contribution in [2.24, 2.45) is 0 Å². The van der Waals surface area contributed by atoms with Gasteiger partial charge in [0.25, 0.3) is 0 Å². The zero-order valence-electron chi connectivity index (χ0n) is 7.47. The van der Waals surface area contributed by atoms with Gasteiger partial charge in [-0.2, -0.15) is 0 Å². The third-order valence-corrected chi connectivity index (χ3v) is 2.20. The third-order valence-electron chi connectivity index (χ3n) is 2.20. The van der Waals surface area contributed by atoms with Gasteiger partial charge in [-0.3, -0.25) is 4.79 Å². The van der Waals surface area contributed by atoms with E-state index in [-0.39, 0.29) is 0 Å². The van der Waals surface area contributed by atoms with Crippen LogP contribution in [0.4, 0.5) is 0 Å². The summed E-state index contributed by atoms with van der Waals surface area (Å²) in [6, 6.07) is 13.2. The number of aliphatic hydroxyl groups is 1. The Hall–Kier alpha value is -1.67. The molecule has 0 saturated heterocycles. The molecule has 2 aromatic rings. The maximum Gasteiger partial charge on any atom is 0.234 e. The molecule has 1 N–H and O–H groups in total. The summed E-state index contributed by atoms with van der Waals surface area (Å²) >= 11 is 0. The molecular formula is C12H9O2. The van der Waals surface area contributed by atoms with Crippen molar-refractivity contribution < 1.29 is 9.90 Å². The molecule has 1 radical (unpaired) electrons. The molecule has 0 heterocycles. The second-order valence-corrected chi connectivity index (χ2v) is 3.13. The Morgan fingerprint density at radius 1 is 1.07 bits per heavy atom. The second kappa shape index (κ2) is 3.60. The van der Waals surface area contributed by atoms with Gasteiger partial charge in [-0.05, 0) is 22.4 Å². The molecule has 0 aliphatic heterocycles. The van der Waals surface area contributed by atoms with Crippen LogP contribution in [0.25, 0.3) is 10.8 Å². The van der Waals surface area contributed by atoms with Crippen molar-refractivity contribution in [3.8, 4) is 0 Å². The SMILES string of the molecule is O=[C]C(O)c1ccc2ccccc2c1. The number of aliphatic hydroxyl groups excluding tert-OH is 1. The molecule has 0 aliphatic rings. The maximum atomic E-state index is 10.3. The van der Waals surface area contributed by atoms with E-state index < -0.39 is 6.10 Å². The number of fused-ring (bicyclic) bond motifs is 1. The molecule has 2 nitrogen and oxygen atoms in total. The van der Waals surface area contributed by atoms with Crippen LogP contribution in [-0.2, 0) is 4.79 Å². The second-order valence-electron chi connectivity index (χ2n) is 3.13. The number of rotatable bonds is 2. The lowest BCUT2D eigenvalue weighted by molar-refractivity contribution is 0.240. The Morgan fingerprint density at radius 3 is 2.50 bits per heavy atom. The van der Waals surface area contributed by atoms with Crippen molar-refractivity contribution >= 4 is 17.1 Å². The number of hydrogen-bond acceptors (Lipinski definition) is 2. The molecule has 0 amide bonds. The zero-order chi connectivity index (χ0) is 9.97. The summed E-state index contributed by atoms with van der Waals surface area (Å²) < 4.78 is 0. The minimum Gasteiger partial charge on any atom is -0.380 e. The van der Waals surface area contributed by atoms with Gasteiger partial charge in [0, 0.05) is 0 Å². The Kier molecular flexibility index (Phi) is 2.29. The molecule has 0 saturated carbocycles. The van der Waals surface area contributed by atoms with Crippen LogP contribution in [-0.4, -0.2) is 11.4 Å². The highest BCUT2D eigenvalue weighted by atomic mass is 16.3. The van der Waals surface area contributed by atoms with E-state index in [2.05, 4.69) is 0 Å². The molecule has 2 heteroatoms. The Labute approximate surface area is 81.8 Å². The van der Waals surface area contributed by atoms with E-state index in [1.807, 2.05) is 30.3 Å². The third kappa shape index (κ3) is 1.52. The molecule has 2 aromatic carbocycles. The fourth-order valence-electron chi connectivity index (χ4n) is 1.45. The lowest BCUT2D eigenvalue weighted by Crippen LogP contribution is -1.97. The van der Waals surface area contributed by atoms with Crippen molar-refractivity contribution in [3.63, 3.8) is 0 Å². The normalized spacial score (nSPS) is 12.6. The topological polar surface area (TPSA) is 37.3 Å². The van der Waals surface area contributed by atoms with Crippen molar-refractivity contribution in [1.29, 1.82) is 0 Å². The van der Waals surface area contributed by atoms with Crippen LogP contribution in [0.15, 0.2) is 42.5 Å². The minimum atomic E-state index is -1.14. The Balaban J connectivity index is 2.56. The van der Waals surface area contributed by atoms with E-state index in [0.717, 1.165) is 10.8 Å². The first-order valence-electron chi connectivity index (χ1n) is 4.36. The standard InChI is InChI=1S/C12H9O2/c13-8-12(14)11-6-5-9-3-1-2-4-10(9)7-11/h1-7,12,14H. The molecule has 0 spiro atoms. The van der Waals surface area contributed by atoms with Gasteiger partial charge in [-0.15, -0.1) is 0 Å². The summed E-state index contributed by atoms with van der Waals surface area (Å²) in [4.78, 5) is 10.3. The monoisotopic (exact) mass is 185 g/mol. The van der Waals surface area contributed by atoms with Gasteiger partial charge in [0.2, 0.25) is 6.29 Å². The van der Waals surface area contributed by atoms with E-state index in [9.17, 15) is 9.90 Å². The van der Waals surface area contributed by atoms with Gasteiger partial charge in [0.15, 0.2) is 0 Å². The molecular weight excluding hydrogens is 176 g/mol. The van der Waals surface area contributed by atoms with Crippen LogP contribution in [0.1, 0.15) is 11.7 Å². The van der Waals surface area contributed by atoms with Crippen molar-refractivity contribution in [2.75, 3.05) is 0 Å². The number of hydrogen-bond donors (Lipinski definition) is 1. The van der Waals surface area contributed by atoms with Crippen LogP contribution in [0.5, 0.6) is 0 Å². The van der Waals surface area contributed by atoms with Crippen molar-refractivity contribution in [2.45, 2.75) is 6.10 Å². The summed E-state index contributed by atoms with van der Waals surface area (Å²) in [6.07, 6.45) is 0.412. The van der Waals surface area contributed by atoms with Crippen molar-refractivity contribution in [3.05, 3.63) is 48.0 Å². The smallest absolute Gasteiger partial charge is 0.234 e. The molecule has 1 atom stereocenters. The lowest BCUT2D eigenvalue weighted by atomic mass is 10.0. The van der Waals surface area contributed by atoms with E-state index in [0.29, 0.717) is 5.56 Å². The van der Waals surface area contributed by atoms with Crippen LogP contribution >= 0.6 is 0 Å². The lowest BCUT2D eigenvalue weighted by Gasteiger charge is -2.04. The van der Waals surface area contributed by atoms with Gasteiger partial charge in [-0.1, -0.05) is 36.4 Å². The van der Waals surface area contributed by atoms with E-state index >= 15 is 0 Å². The molecule has 1 unspecified atom stereocenters. The van der Waals surface area contributed by atoms with Crippen LogP contribution < -0.4 is 0 Å². The van der Waals surface area contributed by atoms with Gasteiger partial charge >= 0.3 is 0 Å². The maximum absolute atomic E-state index is 10.3. The summed E-state index contributed by atoms with van der Waals surface area (Å²) in [5, 5.41) is 11.4. The van der Waals surface area contributed by atoms with Crippen molar-refractivity contribution in [1.82, 2.24) is 0 Å². The first-order valence-corrected chi connectivity index (χ1v) is 4.36. The van der Waals surface area contributed by atoms with Gasteiger partial charge in [0.05, 0.1) is 0 Å². The zero-order valence-corrected chi connectivity index (χ0v) is 7.47. The molecule has 0 fully saturated rings. The Morgan fingerprint density at radius 2 is 1.79 bits per heavy atom. The van der Waals surface area contributed by atoms with Crippen LogP contribution in [0.2, 0.25) is 0 Å². The first kappa shape index (κ1) is 8.91. The van der Waals surface area contributed by atoms with Crippen LogP contribution in [0, 0.1) is 0 Å². The predicted octanol–water partition coefficient (Wildman–Crippen LogP) is 1.98. The first-order chi connectivity index (χ1) is 6.81. The van der Waals surface area contributed by atoms with E-state index in [1.165, 1.54) is 0 Å². The summed E-state index contributed by atoms with van der Waals surface area (Å²) in [5.74, 6) is 0. The minimum absolute atomic E-state index is 0.582. The summed E-state index contributed by atoms with van der Waals surface area (Å²) in [6.45, 7) is 0. The van der Waals surface area contributed by atoms with Gasteiger partial charge in [-0.25, -0.2) is 0 Å². The fraction of sp³-hybridized carbons (Fsp3) is 0.0833. The highest BCUT2D eigenvalue weighted by Gasteiger charge is 2.06. The van der Waals surface area contributed by atoms with E-state index in [4.69, 9.17) is 0 Å². The van der Waals surface area contributed by atoms with Gasteiger partial charge in [0.1, 0.15) is 6.10 Å². The highest BCUT2D eigenvalue weighted by molar-refractivity contribution is 5.83. The number of carbonyl (C=O) groups excluding carboxylic acids is 1. The molecule has 0 aromatic heterocycles. The molecule has 69 valence electrons. The summed E-state index contributed by atoms with van der Waals surface area (Å²) in [5.41, 5.74) is 0.582. The largest absolute Gasteiger partial charge is 0.380 e. The molecule has 14 heavy (non-hydrogen) atoms. The fourth-order valence-corrected chi connectivity index (χ4v) is 1.45.